The lowest BCUT2D eigenvalue weighted by atomic mass is 9.89. The Morgan fingerprint density at radius 2 is 1.36 bits per heavy atom. The van der Waals surface area contributed by atoms with Gasteiger partial charge in [0.25, 0.3) is 0 Å². The van der Waals surface area contributed by atoms with Crippen molar-refractivity contribution in [1.82, 2.24) is 0 Å². The fourth-order valence-corrected chi connectivity index (χ4v) is 5.17. The summed E-state index contributed by atoms with van der Waals surface area (Å²) in [4.78, 5) is 13.1. The molecule has 0 unspecified atom stereocenters. The van der Waals surface area contributed by atoms with Crippen LogP contribution in [0.4, 0.5) is 0 Å². The van der Waals surface area contributed by atoms with Gasteiger partial charge < -0.3 is 69.7 Å². The lowest BCUT2D eigenvalue weighted by Gasteiger charge is -2.46. The fraction of sp³-hybridized carbons (Fsp3) is 0.444. The number of aromatic hydroxyl groups is 3. The molecule has 0 saturated carbocycles. The van der Waals surface area contributed by atoms with Gasteiger partial charge in [-0.15, -0.1) is 0 Å². The summed E-state index contributed by atoms with van der Waals surface area (Å²) in [5.41, 5.74) is -1.21. The van der Waals surface area contributed by atoms with E-state index in [-0.39, 0.29) is 17.1 Å². The lowest BCUT2D eigenvalue weighted by molar-refractivity contribution is -0.342. The van der Waals surface area contributed by atoms with E-state index in [4.69, 9.17) is 18.6 Å². The number of rotatable bonds is 6. The topological polar surface area (TPSA) is 260 Å². The molecule has 2 aliphatic heterocycles. The molecule has 10 atom stereocenters. The smallest absolute Gasteiger partial charge is 0.197 e. The van der Waals surface area contributed by atoms with Crippen molar-refractivity contribution in [1.29, 1.82) is 0 Å². The molecular formula is C27H30O15. The van der Waals surface area contributed by atoms with E-state index < -0.39 is 102 Å². The second kappa shape index (κ2) is 11.7. The Bertz CT molecular complexity index is 1470. The molecule has 1 aromatic heterocycles. The zero-order valence-electron chi connectivity index (χ0n) is 21.7. The predicted molar refractivity (Wildman–Crippen MR) is 138 cm³/mol. The SMILES string of the molecule is O=c1cc(-c2ccc(O)cc2)oc2c([C@H]3O[C@@H](CO)[C@@H](O)[C@@H](O)[C@H]3O[C@@H]3O[C@@H](CO)[C@@H](O)[C@@H](O)[C@H]3O)c(O)cc(O)c12. The Hall–Kier alpha value is -3.35. The monoisotopic (exact) mass is 594 g/mol. The molecule has 0 spiro atoms. The van der Waals surface area contributed by atoms with Crippen LogP contribution in [-0.2, 0) is 14.2 Å². The van der Waals surface area contributed by atoms with Crippen LogP contribution < -0.4 is 5.43 Å². The molecular weight excluding hydrogens is 564 g/mol. The second-order valence-electron chi connectivity index (χ2n) is 10.1. The van der Waals surface area contributed by atoms with Crippen LogP contribution in [0.2, 0.25) is 0 Å². The quantitative estimate of drug-likeness (QED) is 0.147. The lowest BCUT2D eigenvalue weighted by Crippen LogP contribution is -2.62. The van der Waals surface area contributed by atoms with Gasteiger partial charge in [-0.1, -0.05) is 0 Å². The summed E-state index contributed by atoms with van der Waals surface area (Å²) in [6.07, 6.45) is -17.3. The Labute approximate surface area is 236 Å². The number of phenolic OH excluding ortho intramolecular Hbond substituents is 3. The summed E-state index contributed by atoms with van der Waals surface area (Å²) in [6, 6.07) is 7.41. The number of fused-ring (bicyclic) bond motifs is 1. The summed E-state index contributed by atoms with van der Waals surface area (Å²) in [7, 11) is 0. The predicted octanol–water partition coefficient (Wildman–Crippen LogP) is -2.08. The van der Waals surface area contributed by atoms with Gasteiger partial charge in [0, 0.05) is 17.7 Å². The minimum Gasteiger partial charge on any atom is -0.508 e. The molecule has 42 heavy (non-hydrogen) atoms. The van der Waals surface area contributed by atoms with Crippen molar-refractivity contribution < 1.29 is 69.7 Å². The van der Waals surface area contributed by atoms with Gasteiger partial charge in [-0.3, -0.25) is 4.79 Å². The maximum absolute atomic E-state index is 13.1. The highest BCUT2D eigenvalue weighted by Crippen LogP contribution is 2.45. The Morgan fingerprint density at radius 1 is 0.738 bits per heavy atom. The Kier molecular flexibility index (Phi) is 8.41. The van der Waals surface area contributed by atoms with Crippen molar-refractivity contribution in [3.63, 3.8) is 0 Å². The summed E-state index contributed by atoms with van der Waals surface area (Å²) < 4.78 is 22.9. The number of aliphatic hydroxyl groups excluding tert-OH is 7. The first kappa shape index (κ1) is 30.1. The highest BCUT2D eigenvalue weighted by atomic mass is 16.7. The van der Waals surface area contributed by atoms with Crippen molar-refractivity contribution >= 4 is 11.0 Å². The van der Waals surface area contributed by atoms with Gasteiger partial charge in [0.1, 0.15) is 83.3 Å². The van der Waals surface area contributed by atoms with E-state index in [1.54, 1.807) is 0 Å². The average Bonchev–Trinajstić information content (AvgIpc) is 2.96. The van der Waals surface area contributed by atoms with Crippen molar-refractivity contribution in [2.24, 2.45) is 0 Å². The van der Waals surface area contributed by atoms with Crippen LogP contribution >= 0.6 is 0 Å². The van der Waals surface area contributed by atoms with Gasteiger partial charge in [-0.2, -0.15) is 0 Å². The van der Waals surface area contributed by atoms with Gasteiger partial charge in [0.05, 0.1) is 18.8 Å². The van der Waals surface area contributed by atoms with Crippen LogP contribution in [0.25, 0.3) is 22.3 Å². The van der Waals surface area contributed by atoms with Crippen LogP contribution in [0, 0.1) is 0 Å². The van der Waals surface area contributed by atoms with Gasteiger partial charge in [0.2, 0.25) is 0 Å². The minimum absolute atomic E-state index is 0.0553. The Morgan fingerprint density at radius 3 is 2.00 bits per heavy atom. The third-order valence-electron chi connectivity index (χ3n) is 7.44. The molecule has 10 N–H and O–H groups in total. The van der Waals surface area contributed by atoms with E-state index >= 15 is 0 Å². The molecule has 2 fully saturated rings. The van der Waals surface area contributed by atoms with E-state index in [1.165, 1.54) is 24.3 Å². The fourth-order valence-electron chi connectivity index (χ4n) is 5.17. The van der Waals surface area contributed by atoms with Crippen LogP contribution in [-0.4, -0.2) is 119 Å². The van der Waals surface area contributed by atoms with Crippen LogP contribution in [0.15, 0.2) is 45.6 Å². The van der Waals surface area contributed by atoms with Crippen LogP contribution in [0.3, 0.4) is 0 Å². The first-order valence-corrected chi connectivity index (χ1v) is 12.9. The zero-order valence-corrected chi connectivity index (χ0v) is 21.7. The average molecular weight is 595 g/mol. The molecule has 0 amide bonds. The first-order chi connectivity index (χ1) is 20.0. The minimum atomic E-state index is -1.92. The van der Waals surface area contributed by atoms with Crippen LogP contribution in [0.5, 0.6) is 17.2 Å². The maximum atomic E-state index is 13.1. The molecule has 2 aliphatic rings. The van der Waals surface area contributed by atoms with Gasteiger partial charge in [-0.25, -0.2) is 0 Å². The molecule has 0 aliphatic carbocycles. The van der Waals surface area contributed by atoms with E-state index in [2.05, 4.69) is 0 Å². The third-order valence-corrected chi connectivity index (χ3v) is 7.44. The van der Waals surface area contributed by atoms with Crippen molar-refractivity contribution in [3.8, 4) is 28.6 Å². The molecule has 2 aromatic carbocycles. The molecule has 5 rings (SSSR count). The van der Waals surface area contributed by atoms with Crippen molar-refractivity contribution in [3.05, 3.63) is 52.2 Å². The molecule has 3 heterocycles. The molecule has 228 valence electrons. The van der Waals surface area contributed by atoms with Gasteiger partial charge in [-0.05, 0) is 24.3 Å². The number of phenols is 3. The normalized spacial score (nSPS) is 33.6. The van der Waals surface area contributed by atoms with E-state index in [0.29, 0.717) is 5.56 Å². The number of benzene rings is 2. The molecule has 0 bridgehead atoms. The number of hydrogen-bond acceptors (Lipinski definition) is 15. The molecule has 15 heteroatoms. The molecule has 3 aromatic rings. The van der Waals surface area contributed by atoms with Crippen molar-refractivity contribution in [2.75, 3.05) is 13.2 Å². The molecule has 0 radical (unpaired) electrons. The van der Waals surface area contributed by atoms with Gasteiger partial charge in [0.15, 0.2) is 17.3 Å². The van der Waals surface area contributed by atoms with E-state index in [0.717, 1.165) is 12.1 Å². The summed E-state index contributed by atoms with van der Waals surface area (Å²) in [5, 5.41) is 103. The van der Waals surface area contributed by atoms with Crippen molar-refractivity contribution in [2.45, 2.75) is 61.2 Å². The summed E-state index contributed by atoms with van der Waals surface area (Å²) in [5.74, 6) is -1.50. The summed E-state index contributed by atoms with van der Waals surface area (Å²) in [6.45, 7) is -1.61. The largest absolute Gasteiger partial charge is 0.508 e. The molecule has 15 nitrogen and oxygen atoms in total. The summed E-state index contributed by atoms with van der Waals surface area (Å²) >= 11 is 0. The standard InChI is InChI=1S/C27H30O15/c28-7-15-20(35)22(37)26(42-27-23(38)21(36)19(34)16(8-29)41-27)25(40-15)18-12(32)5-11(31)17-13(33)6-14(39-24(17)18)9-1-3-10(30)4-2-9/h1-6,15-16,19-23,25-32,34-38H,7-8H2/t15-,16-,19+,20+,21+,22+,23+,25+,26+,27-/m0/s1. The third kappa shape index (κ3) is 5.20. The first-order valence-electron chi connectivity index (χ1n) is 12.9. The number of aliphatic hydroxyl groups is 7. The zero-order chi connectivity index (χ0) is 30.5. The maximum Gasteiger partial charge on any atom is 0.197 e. The number of hydrogen-bond donors (Lipinski definition) is 10. The number of ether oxygens (including phenoxy) is 3. The van der Waals surface area contributed by atoms with Crippen LogP contribution in [0.1, 0.15) is 11.7 Å². The highest BCUT2D eigenvalue weighted by molar-refractivity contribution is 5.89. The Balaban J connectivity index is 1.66. The van der Waals surface area contributed by atoms with Gasteiger partial charge >= 0.3 is 0 Å². The molecule has 2 saturated heterocycles. The highest BCUT2D eigenvalue weighted by Gasteiger charge is 2.52. The van der Waals surface area contributed by atoms with E-state index in [1.807, 2.05) is 0 Å². The van der Waals surface area contributed by atoms with E-state index in [9.17, 15) is 55.9 Å². The second-order valence-corrected chi connectivity index (χ2v) is 10.1.